The van der Waals surface area contributed by atoms with Crippen LogP contribution in [0.4, 0.5) is 10.2 Å². The number of fused-ring (bicyclic) bond motifs is 1. The molecule has 37 heavy (non-hydrogen) atoms. The molecule has 0 saturated carbocycles. The monoisotopic (exact) mass is 499 g/mol. The molecule has 5 rings (SSSR count). The first-order valence-electron chi connectivity index (χ1n) is 12.0. The van der Waals surface area contributed by atoms with Crippen LogP contribution in [0.2, 0.25) is 0 Å². The molecule has 9 nitrogen and oxygen atoms in total. The Morgan fingerprint density at radius 3 is 2.73 bits per heavy atom. The number of rotatable bonds is 6. The molecule has 2 N–H and O–H groups in total. The average Bonchev–Trinajstić information content (AvgIpc) is 3.50. The number of nitrogens with zero attached hydrogens (tertiary/aromatic N) is 6. The molecule has 0 aliphatic carbocycles. The van der Waals surface area contributed by atoms with Gasteiger partial charge < -0.3 is 15.4 Å². The predicted octanol–water partition coefficient (Wildman–Crippen LogP) is 4.55. The first-order chi connectivity index (χ1) is 17.8. The van der Waals surface area contributed by atoms with Crippen LogP contribution in [0, 0.1) is 22.6 Å². The third-order valence-electron chi connectivity index (χ3n) is 6.57. The third-order valence-corrected chi connectivity index (χ3v) is 6.57. The van der Waals surface area contributed by atoms with Gasteiger partial charge in [-0.2, -0.15) is 10.4 Å². The number of ether oxygens (including phenoxy) is 1. The zero-order valence-corrected chi connectivity index (χ0v) is 20.6. The lowest BCUT2D eigenvalue weighted by Gasteiger charge is -2.29. The predicted molar refractivity (Wildman–Crippen MR) is 136 cm³/mol. The van der Waals surface area contributed by atoms with E-state index in [4.69, 9.17) is 10.5 Å². The molecule has 1 aliphatic rings. The van der Waals surface area contributed by atoms with Crippen LogP contribution in [0.3, 0.4) is 0 Å². The van der Waals surface area contributed by atoms with E-state index in [0.29, 0.717) is 41.3 Å². The minimum Gasteiger partial charge on any atom is -0.457 e. The van der Waals surface area contributed by atoms with Crippen molar-refractivity contribution in [3.05, 3.63) is 60.7 Å². The standard InChI is InChI=1S/C27H26FN7O2/c1-27(2,15-29)26(36)34-12-6-7-17(34)14-35-25-22(24(30)31-16-32-25)23(33-35)20-11-10-19(13-21(20)28)37-18-8-4-3-5-9-18/h3-5,8-11,13,16-17H,6-7,12,14H2,1-2H3,(H2,30,31,32)/t17-/m0/s1. The topological polar surface area (TPSA) is 123 Å². The van der Waals surface area contributed by atoms with Crippen LogP contribution >= 0.6 is 0 Å². The summed E-state index contributed by atoms with van der Waals surface area (Å²) in [5.74, 6) is 0.373. The van der Waals surface area contributed by atoms with Crippen molar-refractivity contribution in [1.82, 2.24) is 24.6 Å². The molecule has 3 heterocycles. The van der Waals surface area contributed by atoms with Crippen molar-refractivity contribution in [2.75, 3.05) is 12.3 Å². The van der Waals surface area contributed by atoms with Crippen molar-refractivity contribution in [3.8, 4) is 28.8 Å². The molecule has 0 bridgehead atoms. The molecule has 1 fully saturated rings. The van der Waals surface area contributed by atoms with Gasteiger partial charge in [-0.1, -0.05) is 18.2 Å². The molecule has 4 aromatic rings. The maximum atomic E-state index is 15.4. The molecule has 2 aromatic heterocycles. The van der Waals surface area contributed by atoms with Crippen molar-refractivity contribution in [2.45, 2.75) is 39.3 Å². The highest BCUT2D eigenvalue weighted by Crippen LogP contribution is 2.35. The number of amides is 1. The van der Waals surface area contributed by atoms with Gasteiger partial charge in [0.25, 0.3) is 0 Å². The Morgan fingerprint density at radius 2 is 2.00 bits per heavy atom. The van der Waals surface area contributed by atoms with Gasteiger partial charge in [0, 0.05) is 18.2 Å². The Morgan fingerprint density at radius 1 is 1.22 bits per heavy atom. The number of anilines is 1. The number of hydrogen-bond donors (Lipinski definition) is 1. The first-order valence-corrected chi connectivity index (χ1v) is 12.0. The lowest BCUT2D eigenvalue weighted by Crippen LogP contribution is -2.44. The summed E-state index contributed by atoms with van der Waals surface area (Å²) in [4.78, 5) is 23.2. The van der Waals surface area contributed by atoms with Gasteiger partial charge in [-0.15, -0.1) is 0 Å². The van der Waals surface area contributed by atoms with E-state index in [1.807, 2.05) is 18.2 Å². The summed E-state index contributed by atoms with van der Waals surface area (Å²) in [6, 6.07) is 15.6. The van der Waals surface area contributed by atoms with Crippen molar-refractivity contribution < 1.29 is 13.9 Å². The quantitative estimate of drug-likeness (QED) is 0.413. The molecule has 2 aromatic carbocycles. The highest BCUT2D eigenvalue weighted by atomic mass is 19.1. The maximum absolute atomic E-state index is 15.4. The second-order valence-corrected chi connectivity index (χ2v) is 9.58. The SMILES string of the molecule is CC(C)(C#N)C(=O)N1CCC[C@H]1Cn1nc(-c2ccc(Oc3ccccc3)cc2F)c2c(N)ncnc21. The Balaban J connectivity index is 1.50. The highest BCUT2D eigenvalue weighted by molar-refractivity contribution is 5.98. The fourth-order valence-electron chi connectivity index (χ4n) is 4.62. The number of nitrogens with two attached hydrogens (primary N) is 1. The van der Waals surface area contributed by atoms with E-state index in [9.17, 15) is 10.1 Å². The minimum atomic E-state index is -1.13. The largest absolute Gasteiger partial charge is 0.457 e. The molecule has 10 heteroatoms. The van der Waals surface area contributed by atoms with Gasteiger partial charge in [0.1, 0.15) is 40.6 Å². The molecule has 1 aliphatic heterocycles. The Labute approximate surface area is 213 Å². The van der Waals surface area contributed by atoms with Crippen LogP contribution < -0.4 is 10.5 Å². The van der Waals surface area contributed by atoms with Crippen molar-refractivity contribution in [3.63, 3.8) is 0 Å². The average molecular weight is 500 g/mol. The van der Waals surface area contributed by atoms with Gasteiger partial charge in [-0.3, -0.25) is 4.79 Å². The zero-order valence-electron chi connectivity index (χ0n) is 20.6. The molecular weight excluding hydrogens is 473 g/mol. The molecule has 0 radical (unpaired) electrons. The smallest absolute Gasteiger partial charge is 0.242 e. The van der Waals surface area contributed by atoms with E-state index in [1.54, 1.807) is 47.7 Å². The number of hydrogen-bond acceptors (Lipinski definition) is 7. The fraction of sp³-hybridized carbons (Fsp3) is 0.296. The minimum absolute atomic E-state index is 0.181. The number of likely N-dealkylation sites (tertiary alicyclic amines) is 1. The van der Waals surface area contributed by atoms with Crippen LogP contribution in [-0.2, 0) is 11.3 Å². The van der Waals surface area contributed by atoms with Crippen molar-refractivity contribution >= 4 is 22.8 Å². The third kappa shape index (κ3) is 4.56. The molecule has 1 atom stereocenters. The van der Waals surface area contributed by atoms with Gasteiger partial charge in [0.05, 0.1) is 24.0 Å². The van der Waals surface area contributed by atoms with Crippen LogP contribution in [0.25, 0.3) is 22.3 Å². The molecule has 1 saturated heterocycles. The maximum Gasteiger partial charge on any atom is 0.242 e. The summed E-state index contributed by atoms with van der Waals surface area (Å²) in [5.41, 5.74) is 6.06. The molecule has 0 unspecified atom stereocenters. The number of carbonyl (C=O) groups is 1. The summed E-state index contributed by atoms with van der Waals surface area (Å²) in [7, 11) is 0. The lowest BCUT2D eigenvalue weighted by molar-refractivity contribution is -0.138. The fourth-order valence-corrected chi connectivity index (χ4v) is 4.62. The first kappa shape index (κ1) is 24.2. The number of nitriles is 1. The Hall–Kier alpha value is -4.52. The van der Waals surface area contributed by atoms with Crippen LogP contribution in [-0.4, -0.2) is 43.1 Å². The lowest BCUT2D eigenvalue weighted by atomic mass is 9.93. The second kappa shape index (κ2) is 9.50. The Kier molecular flexibility index (Phi) is 6.21. The summed E-state index contributed by atoms with van der Waals surface area (Å²) in [6.07, 6.45) is 2.91. The van der Waals surface area contributed by atoms with E-state index < -0.39 is 11.2 Å². The number of para-hydroxylation sites is 1. The van der Waals surface area contributed by atoms with Crippen LogP contribution in [0.5, 0.6) is 11.5 Å². The number of nitrogen functional groups attached to an aromatic ring is 1. The van der Waals surface area contributed by atoms with E-state index in [-0.39, 0.29) is 23.3 Å². The molecule has 0 spiro atoms. The molecular formula is C27H26FN7O2. The number of aromatic nitrogens is 4. The zero-order chi connectivity index (χ0) is 26.2. The van der Waals surface area contributed by atoms with Crippen LogP contribution in [0.15, 0.2) is 54.9 Å². The second-order valence-electron chi connectivity index (χ2n) is 9.58. The summed E-state index contributed by atoms with van der Waals surface area (Å²) in [5, 5.41) is 14.6. The van der Waals surface area contributed by atoms with Gasteiger partial charge in [-0.25, -0.2) is 19.0 Å². The van der Waals surface area contributed by atoms with Crippen LogP contribution in [0.1, 0.15) is 26.7 Å². The van der Waals surface area contributed by atoms with Gasteiger partial charge in [0.2, 0.25) is 5.91 Å². The number of carbonyl (C=O) groups excluding carboxylic acids is 1. The molecule has 188 valence electrons. The van der Waals surface area contributed by atoms with Gasteiger partial charge in [-0.05, 0) is 51.0 Å². The summed E-state index contributed by atoms with van der Waals surface area (Å²) >= 11 is 0. The van der Waals surface area contributed by atoms with E-state index in [0.717, 1.165) is 12.8 Å². The van der Waals surface area contributed by atoms with E-state index in [2.05, 4.69) is 21.1 Å². The van der Waals surface area contributed by atoms with Gasteiger partial charge in [0.15, 0.2) is 5.65 Å². The van der Waals surface area contributed by atoms with Crippen molar-refractivity contribution in [2.24, 2.45) is 5.41 Å². The molecule has 1 amide bonds. The van der Waals surface area contributed by atoms with E-state index >= 15 is 4.39 Å². The number of benzene rings is 2. The summed E-state index contributed by atoms with van der Waals surface area (Å²) < 4.78 is 22.8. The highest BCUT2D eigenvalue weighted by Gasteiger charge is 2.38. The van der Waals surface area contributed by atoms with Gasteiger partial charge >= 0.3 is 0 Å². The normalized spacial score (nSPS) is 15.6. The Bertz CT molecular complexity index is 1510. The number of halogens is 1. The van der Waals surface area contributed by atoms with Crippen molar-refractivity contribution in [1.29, 1.82) is 5.26 Å². The van der Waals surface area contributed by atoms with E-state index in [1.165, 1.54) is 12.4 Å². The summed E-state index contributed by atoms with van der Waals surface area (Å²) in [6.45, 7) is 4.13.